The number of ether oxygens (including phenoxy) is 1. The molecule has 2 amide bonds. The van der Waals surface area contributed by atoms with Gasteiger partial charge in [0.05, 0.1) is 12.7 Å². The maximum absolute atomic E-state index is 12.4. The first-order chi connectivity index (χ1) is 14.4. The molecule has 8 nitrogen and oxygen atoms in total. The summed E-state index contributed by atoms with van der Waals surface area (Å²) in [7, 11) is 2.05. The Morgan fingerprint density at radius 1 is 1.20 bits per heavy atom. The van der Waals surface area contributed by atoms with Crippen LogP contribution in [0.15, 0.2) is 30.3 Å². The Balaban J connectivity index is 0.00000101. The van der Waals surface area contributed by atoms with Gasteiger partial charge in [-0.05, 0) is 38.3 Å². The van der Waals surface area contributed by atoms with Crippen molar-refractivity contribution in [1.29, 1.82) is 0 Å². The fourth-order valence-corrected chi connectivity index (χ4v) is 3.95. The maximum Gasteiger partial charge on any atom is 0.290 e. The van der Waals surface area contributed by atoms with Crippen LogP contribution in [0.1, 0.15) is 44.6 Å². The number of hydrogen-bond acceptors (Lipinski definition) is 5. The highest BCUT2D eigenvalue weighted by molar-refractivity contribution is 5.77. The summed E-state index contributed by atoms with van der Waals surface area (Å²) in [6.07, 6.45) is 4.58. The van der Waals surface area contributed by atoms with E-state index in [4.69, 9.17) is 14.6 Å². The third kappa shape index (κ3) is 7.76. The topological polar surface area (TPSA) is 108 Å². The van der Waals surface area contributed by atoms with Crippen molar-refractivity contribution in [1.82, 2.24) is 15.5 Å². The van der Waals surface area contributed by atoms with Crippen LogP contribution in [-0.4, -0.2) is 66.1 Å². The normalized spacial score (nSPS) is 25.4. The molecule has 1 aromatic carbocycles. The van der Waals surface area contributed by atoms with Crippen LogP contribution in [0, 0.1) is 0 Å². The zero-order chi connectivity index (χ0) is 21.9. The molecule has 30 heavy (non-hydrogen) atoms. The SMILES string of the molecule is CC(=O)NC[C@H]1CC[C@@H](CC(=O)NC2CC(OCc3ccccc3)C2)N1C.O=CO. The smallest absolute Gasteiger partial charge is 0.290 e. The van der Waals surface area contributed by atoms with Gasteiger partial charge in [-0.25, -0.2) is 0 Å². The van der Waals surface area contributed by atoms with Crippen molar-refractivity contribution >= 4 is 18.3 Å². The van der Waals surface area contributed by atoms with Crippen molar-refractivity contribution in [2.45, 2.75) is 69.9 Å². The molecule has 0 bridgehead atoms. The number of carbonyl (C=O) groups is 3. The molecule has 1 saturated heterocycles. The lowest BCUT2D eigenvalue weighted by Gasteiger charge is -2.36. The number of nitrogens with zero attached hydrogens (tertiary/aromatic N) is 1. The van der Waals surface area contributed by atoms with Crippen LogP contribution in [0.5, 0.6) is 0 Å². The van der Waals surface area contributed by atoms with Gasteiger partial charge in [0.2, 0.25) is 11.8 Å². The first-order valence-electron chi connectivity index (χ1n) is 10.4. The fourth-order valence-electron chi connectivity index (χ4n) is 3.95. The fraction of sp³-hybridized carbons (Fsp3) is 0.591. The lowest BCUT2D eigenvalue weighted by atomic mass is 9.89. The average molecular weight is 420 g/mol. The van der Waals surface area contributed by atoms with E-state index in [2.05, 4.69) is 27.7 Å². The summed E-state index contributed by atoms with van der Waals surface area (Å²) in [5.41, 5.74) is 1.18. The number of likely N-dealkylation sites (N-methyl/N-ethyl adjacent to an activating group) is 1. The van der Waals surface area contributed by atoms with Gasteiger partial charge in [-0.1, -0.05) is 30.3 Å². The minimum atomic E-state index is -0.250. The van der Waals surface area contributed by atoms with Crippen molar-refractivity contribution in [2.75, 3.05) is 13.6 Å². The van der Waals surface area contributed by atoms with E-state index in [-0.39, 0.29) is 36.5 Å². The lowest BCUT2D eigenvalue weighted by molar-refractivity contribution is -0.125. The highest BCUT2D eigenvalue weighted by Crippen LogP contribution is 2.27. The third-order valence-corrected chi connectivity index (χ3v) is 5.78. The number of nitrogens with one attached hydrogen (secondary N) is 2. The van der Waals surface area contributed by atoms with Gasteiger partial charge in [0.1, 0.15) is 0 Å². The summed E-state index contributed by atoms with van der Waals surface area (Å²) in [6.45, 7) is 2.58. The molecule has 2 atom stereocenters. The van der Waals surface area contributed by atoms with Crippen LogP contribution < -0.4 is 10.6 Å². The summed E-state index contributed by atoms with van der Waals surface area (Å²) >= 11 is 0. The summed E-state index contributed by atoms with van der Waals surface area (Å²) in [4.78, 5) is 34.0. The zero-order valence-electron chi connectivity index (χ0n) is 17.8. The van der Waals surface area contributed by atoms with Crippen LogP contribution in [0.25, 0.3) is 0 Å². The van der Waals surface area contributed by atoms with Crippen molar-refractivity contribution < 1.29 is 24.2 Å². The van der Waals surface area contributed by atoms with Crippen LogP contribution in [0.2, 0.25) is 0 Å². The van der Waals surface area contributed by atoms with Crippen molar-refractivity contribution in [2.24, 2.45) is 0 Å². The standard InChI is InChI=1S/C21H31N3O3.CH2O2/c1-15(25)22-13-19-9-8-18(24(19)2)12-21(26)23-17-10-20(11-17)27-14-16-6-4-3-5-7-16;2-1-3/h3-7,17-20H,8-14H2,1-2H3,(H,22,25)(H,23,26);1H,(H,2,3)/t17?,18-,19+,20?;/m0./s1. The third-order valence-electron chi connectivity index (χ3n) is 5.78. The van der Waals surface area contributed by atoms with Gasteiger partial charge in [0.15, 0.2) is 0 Å². The molecule has 2 fully saturated rings. The Bertz CT molecular complexity index is 679. The molecule has 3 rings (SSSR count). The molecule has 0 unspecified atom stereocenters. The van der Waals surface area contributed by atoms with E-state index in [0.29, 0.717) is 25.6 Å². The summed E-state index contributed by atoms with van der Waals surface area (Å²) < 4.78 is 5.89. The van der Waals surface area contributed by atoms with Crippen LogP contribution in [0.4, 0.5) is 0 Å². The predicted molar refractivity (Wildman–Crippen MR) is 113 cm³/mol. The Kier molecular flexibility index (Phi) is 9.76. The van der Waals surface area contributed by atoms with E-state index in [9.17, 15) is 9.59 Å². The number of rotatable bonds is 8. The van der Waals surface area contributed by atoms with Gasteiger partial charge in [0.25, 0.3) is 6.47 Å². The number of hydrogen-bond donors (Lipinski definition) is 3. The van der Waals surface area contributed by atoms with Crippen LogP contribution in [-0.2, 0) is 25.7 Å². The second-order valence-electron chi connectivity index (χ2n) is 7.95. The van der Waals surface area contributed by atoms with Gasteiger partial charge >= 0.3 is 0 Å². The number of carboxylic acid groups (broad SMARTS) is 1. The van der Waals surface area contributed by atoms with Crippen molar-refractivity contribution in [3.63, 3.8) is 0 Å². The van der Waals surface area contributed by atoms with Gasteiger partial charge < -0.3 is 20.5 Å². The largest absolute Gasteiger partial charge is 0.483 e. The highest BCUT2D eigenvalue weighted by Gasteiger charge is 2.34. The molecular formula is C22H33N3O5. The summed E-state index contributed by atoms with van der Waals surface area (Å²) in [5, 5.41) is 12.9. The molecule has 0 aromatic heterocycles. The first kappa shape index (κ1) is 23.8. The number of amides is 2. The summed E-state index contributed by atoms with van der Waals surface area (Å²) in [5.74, 6) is 0.122. The van der Waals surface area contributed by atoms with Gasteiger partial charge in [0, 0.05) is 38.0 Å². The molecule has 1 aliphatic heterocycles. The van der Waals surface area contributed by atoms with Crippen LogP contribution >= 0.6 is 0 Å². The van der Waals surface area contributed by atoms with Gasteiger partial charge in [-0.2, -0.15) is 0 Å². The first-order valence-corrected chi connectivity index (χ1v) is 10.4. The van der Waals surface area contributed by atoms with Gasteiger partial charge in [-0.3, -0.25) is 19.3 Å². The Hall–Kier alpha value is -2.45. The van der Waals surface area contributed by atoms with Crippen molar-refractivity contribution in [3.05, 3.63) is 35.9 Å². The molecule has 166 valence electrons. The van der Waals surface area contributed by atoms with Crippen LogP contribution in [0.3, 0.4) is 0 Å². The Morgan fingerprint density at radius 2 is 1.83 bits per heavy atom. The lowest BCUT2D eigenvalue weighted by Crippen LogP contribution is -2.49. The number of carbonyl (C=O) groups excluding carboxylic acids is 2. The minimum absolute atomic E-state index is 0.00128. The quantitative estimate of drug-likeness (QED) is 0.552. The van der Waals surface area contributed by atoms with Crippen molar-refractivity contribution in [3.8, 4) is 0 Å². The molecule has 8 heteroatoms. The molecule has 2 aliphatic rings. The highest BCUT2D eigenvalue weighted by atomic mass is 16.5. The molecule has 3 N–H and O–H groups in total. The predicted octanol–water partition coefficient (Wildman–Crippen LogP) is 1.54. The maximum atomic E-state index is 12.4. The Morgan fingerprint density at radius 3 is 2.47 bits per heavy atom. The zero-order valence-corrected chi connectivity index (χ0v) is 17.8. The Labute approximate surface area is 178 Å². The van der Waals surface area contributed by atoms with E-state index in [1.165, 1.54) is 12.5 Å². The molecule has 0 spiro atoms. The van der Waals surface area contributed by atoms with E-state index in [1.807, 2.05) is 25.2 Å². The number of likely N-dealkylation sites (tertiary alicyclic amines) is 1. The van der Waals surface area contributed by atoms with E-state index < -0.39 is 0 Å². The second kappa shape index (κ2) is 12.3. The van der Waals surface area contributed by atoms with E-state index in [1.54, 1.807) is 0 Å². The van der Waals surface area contributed by atoms with E-state index in [0.717, 1.165) is 25.7 Å². The molecule has 1 aliphatic carbocycles. The monoisotopic (exact) mass is 419 g/mol. The number of benzene rings is 1. The van der Waals surface area contributed by atoms with E-state index >= 15 is 0 Å². The molecular weight excluding hydrogens is 386 g/mol. The molecule has 1 saturated carbocycles. The summed E-state index contributed by atoms with van der Waals surface area (Å²) in [6, 6.07) is 11.0. The molecule has 1 heterocycles. The average Bonchev–Trinajstić information content (AvgIpc) is 3.03. The molecule has 0 radical (unpaired) electrons. The second-order valence-corrected chi connectivity index (χ2v) is 7.95. The molecule has 1 aromatic rings. The van der Waals surface area contributed by atoms with Gasteiger partial charge in [-0.15, -0.1) is 0 Å². The minimum Gasteiger partial charge on any atom is -0.483 e.